The molecular weight excluding hydrogens is 238 g/mol. The number of anilines is 2. The van der Waals surface area contributed by atoms with Gasteiger partial charge in [0.05, 0.1) is 17.1 Å². The fourth-order valence-electron chi connectivity index (χ4n) is 2.33. The van der Waals surface area contributed by atoms with Gasteiger partial charge in [0.15, 0.2) is 0 Å². The molecule has 1 aliphatic rings. The molecule has 0 fully saturated rings. The number of fused-ring (bicyclic) bond motifs is 1. The van der Waals surface area contributed by atoms with Gasteiger partial charge in [0.2, 0.25) is 0 Å². The summed E-state index contributed by atoms with van der Waals surface area (Å²) in [7, 11) is 0. The van der Waals surface area contributed by atoms with Crippen LogP contribution >= 0.6 is 0 Å². The molecule has 0 spiro atoms. The van der Waals surface area contributed by atoms with Crippen LogP contribution in [-0.4, -0.2) is 10.1 Å². The molecule has 4 heteroatoms. The average Bonchev–Trinajstić information content (AvgIpc) is 2.81. The molecule has 19 heavy (non-hydrogen) atoms. The van der Waals surface area contributed by atoms with Gasteiger partial charge in [-0.15, -0.1) is 0 Å². The van der Waals surface area contributed by atoms with Gasteiger partial charge in [-0.3, -0.25) is 4.98 Å². The van der Waals surface area contributed by atoms with Gasteiger partial charge in [-0.05, 0) is 24.1 Å². The van der Waals surface area contributed by atoms with E-state index in [0.29, 0.717) is 0 Å². The summed E-state index contributed by atoms with van der Waals surface area (Å²) in [5.74, 6) is 0.475. The zero-order valence-corrected chi connectivity index (χ0v) is 11.0. The Labute approximate surface area is 112 Å². The van der Waals surface area contributed by atoms with Crippen LogP contribution < -0.4 is 10.6 Å². The summed E-state index contributed by atoms with van der Waals surface area (Å²) in [6.45, 7) is 4.04. The van der Waals surface area contributed by atoms with E-state index in [0.717, 1.165) is 22.6 Å². The van der Waals surface area contributed by atoms with Gasteiger partial charge >= 0.3 is 0 Å². The van der Waals surface area contributed by atoms with Crippen molar-refractivity contribution in [3.63, 3.8) is 0 Å². The molecule has 3 rings (SSSR count). The van der Waals surface area contributed by atoms with Crippen LogP contribution in [0.25, 0.3) is 0 Å². The summed E-state index contributed by atoms with van der Waals surface area (Å²) in [6.07, 6.45) is 1.77. The van der Waals surface area contributed by atoms with E-state index in [2.05, 4.69) is 15.6 Å². The molecule has 2 heterocycles. The van der Waals surface area contributed by atoms with E-state index in [1.165, 1.54) is 0 Å². The molecule has 0 saturated heterocycles. The molecule has 0 bridgehead atoms. The Morgan fingerprint density at radius 2 is 1.79 bits per heavy atom. The van der Waals surface area contributed by atoms with Crippen molar-refractivity contribution in [1.29, 1.82) is 0 Å². The van der Waals surface area contributed by atoms with Gasteiger partial charge in [-0.2, -0.15) is 0 Å². The Bertz CT molecular complexity index is 585. The van der Waals surface area contributed by atoms with Gasteiger partial charge < -0.3 is 15.7 Å². The van der Waals surface area contributed by atoms with Crippen LogP contribution in [0.4, 0.5) is 11.4 Å². The highest BCUT2D eigenvalue weighted by Crippen LogP contribution is 2.36. The Kier molecular flexibility index (Phi) is 2.78. The van der Waals surface area contributed by atoms with Crippen LogP contribution in [0.15, 0.2) is 36.5 Å². The summed E-state index contributed by atoms with van der Waals surface area (Å²) < 4.78 is 0. The molecule has 2 aromatic rings. The fraction of sp³-hybridized carbons (Fsp3) is 0.267. The molecule has 98 valence electrons. The summed E-state index contributed by atoms with van der Waals surface area (Å²) in [5, 5.41) is 16.7. The molecule has 0 aliphatic carbocycles. The van der Waals surface area contributed by atoms with E-state index in [1.54, 1.807) is 6.07 Å². The topological polar surface area (TPSA) is 57.2 Å². The van der Waals surface area contributed by atoms with Crippen molar-refractivity contribution in [3.8, 4) is 5.75 Å². The van der Waals surface area contributed by atoms with Crippen LogP contribution in [0.3, 0.4) is 0 Å². The highest BCUT2D eigenvalue weighted by Gasteiger charge is 2.21. The first-order valence-corrected chi connectivity index (χ1v) is 6.46. The lowest BCUT2D eigenvalue weighted by Gasteiger charge is -2.15. The third-order valence-corrected chi connectivity index (χ3v) is 3.33. The predicted molar refractivity (Wildman–Crippen MR) is 76.4 cm³/mol. The first-order valence-electron chi connectivity index (χ1n) is 6.46. The molecule has 0 unspecified atom stereocenters. The molecular formula is C15H17N3O. The quantitative estimate of drug-likeness (QED) is 0.769. The van der Waals surface area contributed by atoms with Gasteiger partial charge in [0.25, 0.3) is 0 Å². The van der Waals surface area contributed by atoms with E-state index in [9.17, 15) is 5.11 Å². The molecule has 1 aliphatic heterocycles. The van der Waals surface area contributed by atoms with E-state index in [-0.39, 0.29) is 17.8 Å². The van der Waals surface area contributed by atoms with Crippen LogP contribution in [0.2, 0.25) is 0 Å². The van der Waals surface area contributed by atoms with Crippen molar-refractivity contribution in [2.45, 2.75) is 25.9 Å². The van der Waals surface area contributed by atoms with Gasteiger partial charge in [0.1, 0.15) is 11.9 Å². The lowest BCUT2D eigenvalue weighted by molar-refractivity contribution is 0.458. The summed E-state index contributed by atoms with van der Waals surface area (Å²) >= 11 is 0. The SMILES string of the molecule is CC(C)c1ncc(C2Nc3ccccc3N2)cc1O. The lowest BCUT2D eigenvalue weighted by Crippen LogP contribution is -2.12. The highest BCUT2D eigenvalue weighted by molar-refractivity contribution is 5.74. The first-order chi connectivity index (χ1) is 9.15. The van der Waals surface area contributed by atoms with Crippen LogP contribution in [-0.2, 0) is 0 Å². The Morgan fingerprint density at radius 1 is 1.16 bits per heavy atom. The van der Waals surface area contributed by atoms with Crippen molar-refractivity contribution < 1.29 is 5.11 Å². The average molecular weight is 255 g/mol. The van der Waals surface area contributed by atoms with Crippen molar-refractivity contribution in [2.75, 3.05) is 10.6 Å². The maximum Gasteiger partial charge on any atom is 0.137 e. The molecule has 1 aromatic carbocycles. The maximum atomic E-state index is 10.0. The Hall–Kier alpha value is -2.23. The number of aromatic nitrogens is 1. The molecule has 1 aromatic heterocycles. The number of hydrogen-bond acceptors (Lipinski definition) is 4. The zero-order valence-electron chi connectivity index (χ0n) is 11.0. The van der Waals surface area contributed by atoms with Gasteiger partial charge in [-0.25, -0.2) is 0 Å². The van der Waals surface area contributed by atoms with Crippen molar-refractivity contribution in [2.24, 2.45) is 0 Å². The number of pyridine rings is 1. The van der Waals surface area contributed by atoms with Gasteiger partial charge in [-0.1, -0.05) is 26.0 Å². The number of hydrogen-bond donors (Lipinski definition) is 3. The molecule has 0 radical (unpaired) electrons. The normalized spacial score (nSPS) is 14.1. The lowest BCUT2D eigenvalue weighted by atomic mass is 10.1. The summed E-state index contributed by atoms with van der Waals surface area (Å²) in [5.41, 5.74) is 3.80. The molecule has 3 N–H and O–H groups in total. The number of benzene rings is 1. The third-order valence-electron chi connectivity index (χ3n) is 3.33. The number of nitrogens with zero attached hydrogens (tertiary/aromatic N) is 1. The zero-order chi connectivity index (χ0) is 13.4. The van der Waals surface area contributed by atoms with Crippen molar-refractivity contribution in [1.82, 2.24) is 4.98 Å². The number of rotatable bonds is 2. The minimum Gasteiger partial charge on any atom is -0.506 e. The first kappa shape index (κ1) is 11.8. The largest absolute Gasteiger partial charge is 0.506 e. The number of nitrogens with one attached hydrogen (secondary N) is 2. The van der Waals surface area contributed by atoms with E-state index in [1.807, 2.05) is 44.3 Å². The molecule has 0 atom stereocenters. The summed E-state index contributed by atoms with van der Waals surface area (Å²) in [6, 6.07) is 9.82. The minimum absolute atomic E-state index is 0.0444. The molecule has 0 saturated carbocycles. The second-order valence-electron chi connectivity index (χ2n) is 5.09. The van der Waals surface area contributed by atoms with Crippen LogP contribution in [0.1, 0.15) is 37.2 Å². The monoisotopic (exact) mass is 255 g/mol. The van der Waals surface area contributed by atoms with E-state index < -0.39 is 0 Å². The number of para-hydroxylation sites is 2. The molecule has 0 amide bonds. The maximum absolute atomic E-state index is 10.0. The third kappa shape index (κ3) is 2.10. The van der Waals surface area contributed by atoms with Crippen molar-refractivity contribution >= 4 is 11.4 Å². The van der Waals surface area contributed by atoms with Crippen LogP contribution in [0, 0.1) is 0 Å². The number of aromatic hydroxyl groups is 1. The van der Waals surface area contributed by atoms with E-state index in [4.69, 9.17) is 0 Å². The van der Waals surface area contributed by atoms with Crippen LogP contribution in [0.5, 0.6) is 5.75 Å². The highest BCUT2D eigenvalue weighted by atomic mass is 16.3. The Balaban J connectivity index is 1.88. The second-order valence-corrected chi connectivity index (χ2v) is 5.09. The Morgan fingerprint density at radius 3 is 2.32 bits per heavy atom. The smallest absolute Gasteiger partial charge is 0.137 e. The second kappa shape index (κ2) is 4.46. The minimum atomic E-state index is -0.0444. The summed E-state index contributed by atoms with van der Waals surface area (Å²) in [4.78, 5) is 4.36. The predicted octanol–water partition coefficient (Wildman–Crippen LogP) is 3.45. The van der Waals surface area contributed by atoms with Crippen molar-refractivity contribution in [3.05, 3.63) is 47.8 Å². The fourth-order valence-corrected chi connectivity index (χ4v) is 2.33. The van der Waals surface area contributed by atoms with E-state index >= 15 is 0 Å². The standard InChI is InChI=1S/C15H17N3O/c1-9(2)14-13(19)7-10(8-16-14)15-17-11-5-3-4-6-12(11)18-15/h3-9,15,17-19H,1-2H3. The molecule has 4 nitrogen and oxygen atoms in total. The van der Waals surface area contributed by atoms with Gasteiger partial charge in [0, 0.05) is 11.8 Å².